The Balaban J connectivity index is 2.80. The van der Waals surface area contributed by atoms with Crippen LogP contribution in [0.1, 0.15) is 26.3 Å². The third kappa shape index (κ3) is 1.50. The van der Waals surface area contributed by atoms with E-state index in [0.717, 1.165) is 10.7 Å². The highest BCUT2D eigenvalue weighted by molar-refractivity contribution is 6.30. The molecular formula is C11H13ClN2. The molecule has 0 aliphatic rings. The molecule has 0 unspecified atom stereocenters. The molecule has 2 heterocycles. The van der Waals surface area contributed by atoms with Gasteiger partial charge in [-0.25, -0.2) is 4.98 Å². The van der Waals surface area contributed by atoms with Crippen LogP contribution in [0.2, 0.25) is 5.02 Å². The Kier molecular flexibility index (Phi) is 2.04. The molecular weight excluding hydrogens is 196 g/mol. The molecule has 2 aromatic heterocycles. The first-order valence-electron chi connectivity index (χ1n) is 4.61. The molecule has 2 nitrogen and oxygen atoms in total. The Labute approximate surface area is 88.5 Å². The van der Waals surface area contributed by atoms with E-state index in [1.165, 1.54) is 5.56 Å². The summed E-state index contributed by atoms with van der Waals surface area (Å²) in [6.07, 6.45) is 5.58. The average Bonchev–Trinajstić information content (AvgIpc) is 2.47. The second-order valence-corrected chi connectivity index (χ2v) is 4.92. The summed E-state index contributed by atoms with van der Waals surface area (Å²) < 4.78 is 1.96. The molecule has 3 heteroatoms. The van der Waals surface area contributed by atoms with Crippen molar-refractivity contribution in [1.29, 1.82) is 0 Å². The van der Waals surface area contributed by atoms with E-state index in [2.05, 4.69) is 25.8 Å². The van der Waals surface area contributed by atoms with Crippen molar-refractivity contribution >= 4 is 17.2 Å². The van der Waals surface area contributed by atoms with Crippen LogP contribution in [0.4, 0.5) is 0 Å². The number of aromatic nitrogens is 2. The standard InChI is InChI=1S/C11H13ClN2/c1-11(2,3)9-6-8(12)7-14-5-4-13-10(9)14/h4-7H,1-3H3. The van der Waals surface area contributed by atoms with Crippen LogP contribution in [0, 0.1) is 0 Å². The fourth-order valence-corrected chi connectivity index (χ4v) is 1.76. The monoisotopic (exact) mass is 208 g/mol. The van der Waals surface area contributed by atoms with Gasteiger partial charge in [0.25, 0.3) is 0 Å². The summed E-state index contributed by atoms with van der Waals surface area (Å²) in [7, 11) is 0. The van der Waals surface area contributed by atoms with Crippen molar-refractivity contribution in [2.75, 3.05) is 0 Å². The van der Waals surface area contributed by atoms with E-state index < -0.39 is 0 Å². The molecule has 0 atom stereocenters. The number of halogens is 1. The Morgan fingerprint density at radius 1 is 1.36 bits per heavy atom. The minimum atomic E-state index is 0.0670. The second-order valence-electron chi connectivity index (χ2n) is 4.48. The predicted molar refractivity (Wildman–Crippen MR) is 58.9 cm³/mol. The largest absolute Gasteiger partial charge is 0.305 e. The normalized spacial score (nSPS) is 12.3. The lowest BCUT2D eigenvalue weighted by atomic mass is 9.88. The zero-order valence-electron chi connectivity index (χ0n) is 8.58. The topological polar surface area (TPSA) is 17.3 Å². The molecule has 0 saturated heterocycles. The Morgan fingerprint density at radius 2 is 2.07 bits per heavy atom. The molecule has 74 valence electrons. The van der Waals surface area contributed by atoms with Gasteiger partial charge in [0.2, 0.25) is 0 Å². The molecule has 14 heavy (non-hydrogen) atoms. The van der Waals surface area contributed by atoms with Crippen LogP contribution in [0.3, 0.4) is 0 Å². The maximum absolute atomic E-state index is 6.04. The minimum Gasteiger partial charge on any atom is -0.305 e. The van der Waals surface area contributed by atoms with E-state index in [9.17, 15) is 0 Å². The van der Waals surface area contributed by atoms with Crippen LogP contribution < -0.4 is 0 Å². The molecule has 0 radical (unpaired) electrons. The van der Waals surface area contributed by atoms with Gasteiger partial charge in [-0.05, 0) is 11.5 Å². The van der Waals surface area contributed by atoms with Gasteiger partial charge in [-0.2, -0.15) is 0 Å². The van der Waals surface area contributed by atoms with Crippen molar-refractivity contribution < 1.29 is 0 Å². The zero-order chi connectivity index (χ0) is 10.3. The molecule has 0 fully saturated rings. The maximum Gasteiger partial charge on any atom is 0.140 e. The van der Waals surface area contributed by atoms with Crippen molar-refractivity contribution in [3.63, 3.8) is 0 Å². The maximum atomic E-state index is 6.04. The first-order chi connectivity index (χ1) is 6.48. The Hall–Kier alpha value is -1.02. The Bertz CT molecular complexity index is 466. The van der Waals surface area contributed by atoms with Crippen molar-refractivity contribution in [3.8, 4) is 0 Å². The first-order valence-corrected chi connectivity index (χ1v) is 4.99. The van der Waals surface area contributed by atoms with Gasteiger partial charge in [-0.3, -0.25) is 0 Å². The molecule has 0 saturated carbocycles. The number of imidazole rings is 1. The van der Waals surface area contributed by atoms with Crippen molar-refractivity contribution in [3.05, 3.63) is 35.2 Å². The van der Waals surface area contributed by atoms with Gasteiger partial charge in [0.1, 0.15) is 5.65 Å². The van der Waals surface area contributed by atoms with E-state index in [1.807, 2.05) is 22.9 Å². The number of rotatable bonds is 0. The third-order valence-corrected chi connectivity index (χ3v) is 2.47. The molecule has 2 rings (SSSR count). The third-order valence-electron chi connectivity index (χ3n) is 2.26. The molecule has 0 aliphatic heterocycles. The van der Waals surface area contributed by atoms with E-state index in [0.29, 0.717) is 0 Å². The van der Waals surface area contributed by atoms with E-state index >= 15 is 0 Å². The quantitative estimate of drug-likeness (QED) is 0.650. The molecule has 0 N–H and O–H groups in total. The SMILES string of the molecule is CC(C)(C)c1cc(Cl)cn2ccnc12. The Morgan fingerprint density at radius 3 is 2.71 bits per heavy atom. The van der Waals surface area contributed by atoms with Crippen molar-refractivity contribution in [1.82, 2.24) is 9.38 Å². The van der Waals surface area contributed by atoms with Crippen LogP contribution >= 0.6 is 11.6 Å². The highest BCUT2D eigenvalue weighted by Gasteiger charge is 2.18. The highest BCUT2D eigenvalue weighted by Crippen LogP contribution is 2.28. The van der Waals surface area contributed by atoms with Crippen LogP contribution in [-0.4, -0.2) is 9.38 Å². The van der Waals surface area contributed by atoms with Crippen LogP contribution in [-0.2, 0) is 5.41 Å². The molecule has 2 aromatic rings. The number of hydrogen-bond acceptors (Lipinski definition) is 1. The lowest BCUT2D eigenvalue weighted by molar-refractivity contribution is 0.592. The van der Waals surface area contributed by atoms with Gasteiger partial charge in [-0.1, -0.05) is 32.4 Å². The van der Waals surface area contributed by atoms with Crippen molar-refractivity contribution in [2.45, 2.75) is 26.2 Å². The zero-order valence-corrected chi connectivity index (χ0v) is 9.34. The van der Waals surface area contributed by atoms with Crippen molar-refractivity contribution in [2.24, 2.45) is 0 Å². The van der Waals surface area contributed by atoms with Crippen LogP contribution in [0.15, 0.2) is 24.7 Å². The van der Waals surface area contributed by atoms with E-state index in [1.54, 1.807) is 6.20 Å². The molecule has 0 aromatic carbocycles. The van der Waals surface area contributed by atoms with E-state index in [4.69, 9.17) is 11.6 Å². The summed E-state index contributed by atoms with van der Waals surface area (Å²) in [5, 5.41) is 0.750. The average molecular weight is 209 g/mol. The summed E-state index contributed by atoms with van der Waals surface area (Å²) in [6, 6.07) is 1.99. The van der Waals surface area contributed by atoms with E-state index in [-0.39, 0.29) is 5.41 Å². The first kappa shape index (κ1) is 9.53. The summed E-state index contributed by atoms with van der Waals surface area (Å²) in [4.78, 5) is 4.33. The molecule has 0 aliphatic carbocycles. The summed E-state index contributed by atoms with van der Waals surface area (Å²) in [6.45, 7) is 6.48. The van der Waals surface area contributed by atoms with Gasteiger partial charge in [0, 0.05) is 24.2 Å². The lowest BCUT2D eigenvalue weighted by Gasteiger charge is -2.19. The highest BCUT2D eigenvalue weighted by atomic mass is 35.5. The number of hydrogen-bond donors (Lipinski definition) is 0. The lowest BCUT2D eigenvalue weighted by Crippen LogP contribution is -2.13. The number of nitrogens with zero attached hydrogens (tertiary/aromatic N) is 2. The van der Waals surface area contributed by atoms with Gasteiger partial charge >= 0.3 is 0 Å². The van der Waals surface area contributed by atoms with Gasteiger partial charge in [-0.15, -0.1) is 0 Å². The van der Waals surface area contributed by atoms with Gasteiger partial charge in [0.05, 0.1) is 5.02 Å². The fraction of sp³-hybridized carbons (Fsp3) is 0.364. The minimum absolute atomic E-state index is 0.0670. The molecule has 0 bridgehead atoms. The van der Waals surface area contributed by atoms with Gasteiger partial charge in [0.15, 0.2) is 0 Å². The summed E-state index contributed by atoms with van der Waals surface area (Å²) >= 11 is 6.04. The van der Waals surface area contributed by atoms with Gasteiger partial charge < -0.3 is 4.40 Å². The molecule has 0 amide bonds. The second kappa shape index (κ2) is 2.99. The number of pyridine rings is 1. The number of fused-ring (bicyclic) bond motifs is 1. The predicted octanol–water partition coefficient (Wildman–Crippen LogP) is 3.29. The van der Waals surface area contributed by atoms with Crippen LogP contribution in [0.5, 0.6) is 0 Å². The summed E-state index contributed by atoms with van der Waals surface area (Å²) in [5.41, 5.74) is 2.23. The molecule has 0 spiro atoms. The smallest absolute Gasteiger partial charge is 0.140 e. The fourth-order valence-electron chi connectivity index (χ4n) is 1.55. The van der Waals surface area contributed by atoms with Crippen LogP contribution in [0.25, 0.3) is 5.65 Å². The summed E-state index contributed by atoms with van der Waals surface area (Å²) in [5.74, 6) is 0.